The van der Waals surface area contributed by atoms with Gasteiger partial charge in [0.1, 0.15) is 0 Å². The Balaban J connectivity index is 1.25. The molecule has 2 aliphatic heterocycles. The summed E-state index contributed by atoms with van der Waals surface area (Å²) in [7, 11) is 0. The van der Waals surface area contributed by atoms with Crippen LogP contribution in [0.2, 0.25) is 5.02 Å². The average molecular weight is 473 g/mol. The smallest absolute Gasteiger partial charge is 0.262 e. The van der Waals surface area contributed by atoms with Gasteiger partial charge in [0.05, 0.1) is 10.9 Å². The lowest BCUT2D eigenvalue weighted by Gasteiger charge is -2.36. The minimum absolute atomic E-state index is 0.00726. The first-order valence-electron chi connectivity index (χ1n) is 10.3. The van der Waals surface area contributed by atoms with Crippen molar-refractivity contribution in [1.29, 1.82) is 0 Å². The average Bonchev–Trinajstić information content (AvgIpc) is 3.26. The van der Waals surface area contributed by atoms with Crippen molar-refractivity contribution in [3.8, 4) is 11.5 Å². The van der Waals surface area contributed by atoms with Gasteiger partial charge >= 0.3 is 0 Å². The molecule has 0 saturated carbocycles. The van der Waals surface area contributed by atoms with Crippen LogP contribution in [0.1, 0.15) is 6.42 Å². The second-order valence-corrected chi connectivity index (χ2v) is 8.56. The number of rotatable bonds is 4. The third-order valence-electron chi connectivity index (χ3n) is 5.85. The summed E-state index contributed by atoms with van der Waals surface area (Å²) in [4.78, 5) is 32.9. The van der Waals surface area contributed by atoms with Crippen molar-refractivity contribution in [2.75, 3.05) is 37.9 Å². The largest absolute Gasteiger partial charge is 0.454 e. The van der Waals surface area contributed by atoms with E-state index in [1.807, 2.05) is 29.2 Å². The normalized spacial score (nSPS) is 15.4. The maximum atomic E-state index is 13.0. The van der Waals surface area contributed by atoms with E-state index in [0.717, 1.165) is 18.8 Å². The first-order valence-corrected chi connectivity index (χ1v) is 11.1. The fraction of sp³-hybridized carbons (Fsp3) is 0.318. The number of carbonyl (C=O) groups is 1. The van der Waals surface area contributed by atoms with Gasteiger partial charge < -0.3 is 24.3 Å². The number of H-pyrrole nitrogens is 1. The maximum Gasteiger partial charge on any atom is 0.262 e. The summed E-state index contributed by atoms with van der Waals surface area (Å²) < 4.78 is 12.4. The van der Waals surface area contributed by atoms with Crippen LogP contribution in [0, 0.1) is 4.77 Å². The van der Waals surface area contributed by atoms with Crippen molar-refractivity contribution < 1.29 is 14.3 Å². The van der Waals surface area contributed by atoms with Crippen LogP contribution in [-0.2, 0) is 11.3 Å². The number of hydrogen-bond donors (Lipinski definition) is 1. The number of fused-ring (bicyclic) bond motifs is 2. The zero-order valence-corrected chi connectivity index (χ0v) is 18.7. The molecular weight excluding hydrogens is 452 g/mol. The second kappa shape index (κ2) is 8.48. The second-order valence-electron chi connectivity index (χ2n) is 7.73. The zero-order chi connectivity index (χ0) is 22.2. The molecule has 32 heavy (non-hydrogen) atoms. The lowest BCUT2D eigenvalue weighted by Crippen LogP contribution is -2.49. The summed E-state index contributed by atoms with van der Waals surface area (Å²) in [6.07, 6.45) is 0.203. The van der Waals surface area contributed by atoms with E-state index >= 15 is 0 Å². The standard InChI is InChI=1S/C22H21ClN4O4S/c23-14-1-3-15(4-2-14)25-7-9-26(10-8-25)20(28)5-6-27-21(29)16-11-18-19(31-13-30-18)12-17(16)24-22(27)32/h1-4,11-12H,5-10,13H2,(H,24,32). The van der Waals surface area contributed by atoms with Crippen molar-refractivity contribution in [3.05, 3.63) is 56.5 Å². The number of halogens is 1. The first kappa shape index (κ1) is 20.8. The lowest BCUT2D eigenvalue weighted by atomic mass is 10.2. The third-order valence-corrected chi connectivity index (χ3v) is 6.42. The molecule has 10 heteroatoms. The van der Waals surface area contributed by atoms with Gasteiger partial charge in [0.2, 0.25) is 12.7 Å². The molecule has 166 valence electrons. The van der Waals surface area contributed by atoms with E-state index < -0.39 is 0 Å². The molecule has 0 atom stereocenters. The highest BCUT2D eigenvalue weighted by Crippen LogP contribution is 2.34. The SMILES string of the molecule is O=C(CCn1c(=S)[nH]c2cc3c(cc2c1=O)OCO3)N1CCN(c2ccc(Cl)cc2)CC1. The summed E-state index contributed by atoms with van der Waals surface area (Å²) in [5.41, 5.74) is 1.43. The molecule has 1 N–H and O–H groups in total. The van der Waals surface area contributed by atoms with E-state index in [4.69, 9.17) is 33.3 Å². The quantitative estimate of drug-likeness (QED) is 0.587. The molecule has 0 spiro atoms. The topological polar surface area (TPSA) is 79.8 Å². The summed E-state index contributed by atoms with van der Waals surface area (Å²) in [5, 5.41) is 1.15. The molecule has 0 unspecified atom stereocenters. The van der Waals surface area contributed by atoms with Gasteiger partial charge in [-0.05, 0) is 42.5 Å². The fourth-order valence-corrected chi connectivity index (χ4v) is 4.49. The van der Waals surface area contributed by atoms with Crippen LogP contribution in [0.25, 0.3) is 10.9 Å². The molecule has 3 heterocycles. The Labute approximate surface area is 193 Å². The molecule has 2 aromatic carbocycles. The van der Waals surface area contributed by atoms with E-state index in [9.17, 15) is 9.59 Å². The number of amides is 1. The predicted octanol–water partition coefficient (Wildman–Crippen LogP) is 3.18. The number of aromatic amines is 1. The van der Waals surface area contributed by atoms with E-state index in [-0.39, 0.29) is 36.0 Å². The van der Waals surface area contributed by atoms with Gasteiger partial charge in [-0.3, -0.25) is 14.2 Å². The van der Waals surface area contributed by atoms with Gasteiger partial charge in [-0.25, -0.2) is 0 Å². The van der Waals surface area contributed by atoms with Gasteiger partial charge in [0, 0.05) is 55.9 Å². The molecule has 8 nitrogen and oxygen atoms in total. The number of nitrogens with zero attached hydrogens (tertiary/aromatic N) is 3. The van der Waals surface area contributed by atoms with E-state index in [0.29, 0.717) is 40.5 Å². The van der Waals surface area contributed by atoms with E-state index in [2.05, 4.69) is 9.88 Å². The highest BCUT2D eigenvalue weighted by atomic mass is 35.5. The Kier molecular flexibility index (Phi) is 5.52. The molecule has 1 amide bonds. The van der Waals surface area contributed by atoms with E-state index in [1.54, 1.807) is 12.1 Å². The van der Waals surface area contributed by atoms with Crippen LogP contribution in [-0.4, -0.2) is 53.3 Å². The van der Waals surface area contributed by atoms with Gasteiger partial charge in [-0.1, -0.05) is 11.6 Å². The summed E-state index contributed by atoms with van der Waals surface area (Å²) >= 11 is 11.3. The number of piperazine rings is 1. The Morgan fingerprint density at radius 1 is 1.06 bits per heavy atom. The number of ether oxygens (including phenoxy) is 2. The molecule has 1 fully saturated rings. The lowest BCUT2D eigenvalue weighted by molar-refractivity contribution is -0.131. The number of anilines is 1. The molecule has 1 aromatic heterocycles. The van der Waals surface area contributed by atoms with Crippen LogP contribution in [0.5, 0.6) is 11.5 Å². The van der Waals surface area contributed by atoms with Crippen molar-refractivity contribution in [2.24, 2.45) is 0 Å². The number of hydrogen-bond acceptors (Lipinski definition) is 6. The Bertz CT molecular complexity index is 1300. The minimum atomic E-state index is -0.248. The fourth-order valence-electron chi connectivity index (χ4n) is 4.08. The molecule has 0 bridgehead atoms. The Morgan fingerprint density at radius 2 is 1.75 bits per heavy atom. The molecule has 0 aliphatic carbocycles. The summed E-state index contributed by atoms with van der Waals surface area (Å²) in [6, 6.07) is 11.1. The molecule has 1 saturated heterocycles. The Hall–Kier alpha value is -3.04. The van der Waals surface area contributed by atoms with Crippen molar-refractivity contribution in [1.82, 2.24) is 14.5 Å². The molecule has 5 rings (SSSR count). The van der Waals surface area contributed by atoms with Gasteiger partial charge in [-0.2, -0.15) is 0 Å². The molecule has 3 aromatic rings. The summed E-state index contributed by atoms with van der Waals surface area (Å²) in [6.45, 7) is 3.09. The number of benzene rings is 2. The molecule has 0 radical (unpaired) electrons. The summed E-state index contributed by atoms with van der Waals surface area (Å²) in [5.74, 6) is 1.11. The maximum absolute atomic E-state index is 13.0. The van der Waals surface area contributed by atoms with Crippen LogP contribution in [0.4, 0.5) is 5.69 Å². The van der Waals surface area contributed by atoms with Crippen LogP contribution in [0.3, 0.4) is 0 Å². The van der Waals surface area contributed by atoms with Crippen molar-refractivity contribution >= 4 is 46.3 Å². The number of nitrogens with one attached hydrogen (secondary N) is 1. The highest BCUT2D eigenvalue weighted by molar-refractivity contribution is 7.71. The Morgan fingerprint density at radius 3 is 2.47 bits per heavy atom. The minimum Gasteiger partial charge on any atom is -0.454 e. The first-order chi connectivity index (χ1) is 15.5. The molecular formula is C22H21ClN4O4S. The van der Waals surface area contributed by atoms with Crippen molar-refractivity contribution in [2.45, 2.75) is 13.0 Å². The molecule has 2 aliphatic rings. The predicted molar refractivity (Wildman–Crippen MR) is 124 cm³/mol. The van der Waals surface area contributed by atoms with Gasteiger partial charge in [-0.15, -0.1) is 0 Å². The van der Waals surface area contributed by atoms with Crippen LogP contribution < -0.4 is 19.9 Å². The van der Waals surface area contributed by atoms with Crippen LogP contribution in [0.15, 0.2) is 41.2 Å². The van der Waals surface area contributed by atoms with E-state index in [1.165, 1.54) is 4.57 Å². The number of carbonyl (C=O) groups excluding carboxylic acids is 1. The zero-order valence-electron chi connectivity index (χ0n) is 17.2. The van der Waals surface area contributed by atoms with Gasteiger partial charge in [0.15, 0.2) is 16.3 Å². The van der Waals surface area contributed by atoms with Crippen molar-refractivity contribution in [3.63, 3.8) is 0 Å². The van der Waals surface area contributed by atoms with Gasteiger partial charge in [0.25, 0.3) is 5.56 Å². The number of aromatic nitrogens is 2. The highest BCUT2D eigenvalue weighted by Gasteiger charge is 2.22. The third kappa shape index (κ3) is 3.93. The van der Waals surface area contributed by atoms with Crippen LogP contribution >= 0.6 is 23.8 Å². The monoisotopic (exact) mass is 472 g/mol.